The summed E-state index contributed by atoms with van der Waals surface area (Å²) >= 11 is 5.77. The van der Waals surface area contributed by atoms with Crippen LogP contribution in [0.5, 0.6) is 0 Å². The summed E-state index contributed by atoms with van der Waals surface area (Å²) in [6, 6.07) is 3.10. The number of rotatable bonds is 5. The summed E-state index contributed by atoms with van der Waals surface area (Å²) < 4.78 is 19.1. The standard InChI is InChI=1S/C15H16ClFN2O2/c1-3-7-18-13-9-5-6-11(16)12(17)14(9)19-8-10(13)15(20)21-4-2/h5-6,8H,3-4,7H2,1-2H3,(H,18,19). The third-order valence-corrected chi connectivity index (χ3v) is 3.27. The van der Waals surface area contributed by atoms with Crippen LogP contribution in [0.2, 0.25) is 5.02 Å². The van der Waals surface area contributed by atoms with Gasteiger partial charge in [-0.2, -0.15) is 0 Å². The molecule has 0 saturated carbocycles. The van der Waals surface area contributed by atoms with Gasteiger partial charge in [0.15, 0.2) is 5.82 Å². The fraction of sp³-hybridized carbons (Fsp3) is 0.333. The van der Waals surface area contributed by atoms with E-state index in [1.807, 2.05) is 6.92 Å². The third-order valence-electron chi connectivity index (χ3n) is 2.98. The van der Waals surface area contributed by atoms with E-state index in [1.54, 1.807) is 13.0 Å². The Balaban J connectivity index is 2.64. The highest BCUT2D eigenvalue weighted by Gasteiger charge is 2.18. The van der Waals surface area contributed by atoms with E-state index in [9.17, 15) is 9.18 Å². The van der Waals surface area contributed by atoms with E-state index in [0.717, 1.165) is 6.42 Å². The fourth-order valence-electron chi connectivity index (χ4n) is 2.01. The van der Waals surface area contributed by atoms with Crippen LogP contribution in [-0.4, -0.2) is 24.1 Å². The van der Waals surface area contributed by atoms with Crippen LogP contribution < -0.4 is 5.32 Å². The maximum atomic E-state index is 14.0. The third kappa shape index (κ3) is 3.08. The first-order valence-electron chi connectivity index (χ1n) is 6.77. The number of carbonyl (C=O) groups is 1. The number of nitrogens with zero attached hydrogens (tertiary/aromatic N) is 1. The van der Waals surface area contributed by atoms with Gasteiger partial charge < -0.3 is 10.1 Å². The number of fused-ring (bicyclic) bond motifs is 1. The first-order chi connectivity index (χ1) is 10.1. The van der Waals surface area contributed by atoms with Gasteiger partial charge in [0, 0.05) is 18.1 Å². The SMILES string of the molecule is CCCNc1c(C(=O)OCC)cnc2c(F)c(Cl)ccc12. The summed E-state index contributed by atoms with van der Waals surface area (Å²) in [6.07, 6.45) is 2.18. The van der Waals surface area contributed by atoms with Gasteiger partial charge in [-0.05, 0) is 25.5 Å². The van der Waals surface area contributed by atoms with Crippen molar-refractivity contribution in [3.63, 3.8) is 0 Å². The number of halogens is 2. The van der Waals surface area contributed by atoms with E-state index in [4.69, 9.17) is 16.3 Å². The van der Waals surface area contributed by atoms with E-state index in [-0.39, 0.29) is 17.1 Å². The number of ether oxygens (including phenoxy) is 1. The van der Waals surface area contributed by atoms with Gasteiger partial charge in [-0.15, -0.1) is 0 Å². The number of nitrogens with one attached hydrogen (secondary N) is 1. The average Bonchev–Trinajstić information content (AvgIpc) is 2.48. The topological polar surface area (TPSA) is 51.2 Å². The average molecular weight is 311 g/mol. The van der Waals surface area contributed by atoms with Crippen molar-refractivity contribution in [3.05, 3.63) is 34.7 Å². The zero-order valence-corrected chi connectivity index (χ0v) is 12.6. The van der Waals surface area contributed by atoms with Crippen molar-refractivity contribution in [2.45, 2.75) is 20.3 Å². The van der Waals surface area contributed by atoms with Crippen LogP contribution in [0.15, 0.2) is 18.3 Å². The van der Waals surface area contributed by atoms with Gasteiger partial charge in [-0.25, -0.2) is 9.18 Å². The lowest BCUT2D eigenvalue weighted by atomic mass is 10.1. The maximum absolute atomic E-state index is 14.0. The Kier molecular flexibility index (Phi) is 4.96. The lowest BCUT2D eigenvalue weighted by molar-refractivity contribution is 0.0527. The van der Waals surface area contributed by atoms with Gasteiger partial charge in [0.05, 0.1) is 17.3 Å². The fourth-order valence-corrected chi connectivity index (χ4v) is 2.16. The molecule has 1 heterocycles. The molecule has 0 aliphatic carbocycles. The Morgan fingerprint density at radius 3 is 2.86 bits per heavy atom. The molecule has 0 bridgehead atoms. The smallest absolute Gasteiger partial charge is 0.341 e. The quantitative estimate of drug-likeness (QED) is 0.847. The van der Waals surface area contributed by atoms with Crippen LogP contribution in [0, 0.1) is 5.82 Å². The van der Waals surface area contributed by atoms with Gasteiger partial charge in [0.1, 0.15) is 11.1 Å². The number of hydrogen-bond donors (Lipinski definition) is 1. The van der Waals surface area contributed by atoms with Crippen molar-refractivity contribution < 1.29 is 13.9 Å². The minimum atomic E-state index is -0.593. The molecule has 2 aromatic rings. The molecule has 2 rings (SSSR count). The predicted molar refractivity (Wildman–Crippen MR) is 81.4 cm³/mol. The number of anilines is 1. The highest BCUT2D eigenvalue weighted by Crippen LogP contribution is 2.31. The monoisotopic (exact) mass is 310 g/mol. The predicted octanol–water partition coefficient (Wildman–Crippen LogP) is 4.03. The van der Waals surface area contributed by atoms with Crippen molar-refractivity contribution in [1.29, 1.82) is 0 Å². The molecule has 0 saturated heterocycles. The van der Waals surface area contributed by atoms with E-state index < -0.39 is 11.8 Å². The molecule has 0 aliphatic heterocycles. The number of esters is 1. The number of hydrogen-bond acceptors (Lipinski definition) is 4. The largest absolute Gasteiger partial charge is 0.462 e. The molecule has 0 amide bonds. The van der Waals surface area contributed by atoms with Crippen LogP contribution in [-0.2, 0) is 4.74 Å². The first kappa shape index (κ1) is 15.5. The first-order valence-corrected chi connectivity index (χ1v) is 7.15. The maximum Gasteiger partial charge on any atom is 0.341 e. The molecule has 0 aliphatic rings. The molecule has 21 heavy (non-hydrogen) atoms. The van der Waals surface area contributed by atoms with Crippen molar-refractivity contribution >= 4 is 34.2 Å². The van der Waals surface area contributed by atoms with Crippen LogP contribution in [0.1, 0.15) is 30.6 Å². The summed E-state index contributed by atoms with van der Waals surface area (Å²) in [6.45, 7) is 4.64. The van der Waals surface area contributed by atoms with E-state index in [1.165, 1.54) is 12.3 Å². The van der Waals surface area contributed by atoms with Gasteiger partial charge in [-0.3, -0.25) is 4.98 Å². The normalized spacial score (nSPS) is 10.7. The molecule has 112 valence electrons. The van der Waals surface area contributed by atoms with Crippen LogP contribution in [0.4, 0.5) is 10.1 Å². The Hall–Kier alpha value is -1.88. The second-order valence-corrected chi connectivity index (χ2v) is 4.86. The number of carbonyl (C=O) groups excluding carboxylic acids is 1. The van der Waals surface area contributed by atoms with Gasteiger partial charge >= 0.3 is 5.97 Å². The van der Waals surface area contributed by atoms with Crippen LogP contribution in [0.3, 0.4) is 0 Å². The number of aromatic nitrogens is 1. The summed E-state index contributed by atoms with van der Waals surface area (Å²) in [4.78, 5) is 16.0. The van der Waals surface area contributed by atoms with Crippen LogP contribution in [0.25, 0.3) is 10.9 Å². The molecule has 0 spiro atoms. The number of benzene rings is 1. The molecule has 0 atom stereocenters. The lowest BCUT2D eigenvalue weighted by Gasteiger charge is -2.14. The second-order valence-electron chi connectivity index (χ2n) is 4.45. The Labute approximate surface area is 127 Å². The van der Waals surface area contributed by atoms with Gasteiger partial charge in [-0.1, -0.05) is 18.5 Å². The summed E-state index contributed by atoms with van der Waals surface area (Å²) in [5.74, 6) is -1.08. The highest BCUT2D eigenvalue weighted by molar-refractivity contribution is 6.31. The number of pyridine rings is 1. The lowest BCUT2D eigenvalue weighted by Crippen LogP contribution is -2.12. The van der Waals surface area contributed by atoms with Crippen molar-refractivity contribution in [2.75, 3.05) is 18.5 Å². The van der Waals surface area contributed by atoms with Crippen molar-refractivity contribution in [1.82, 2.24) is 4.98 Å². The summed E-state index contributed by atoms with van der Waals surface area (Å²) in [7, 11) is 0. The van der Waals surface area contributed by atoms with Gasteiger partial charge in [0.2, 0.25) is 0 Å². The molecule has 0 radical (unpaired) electrons. The molecule has 6 heteroatoms. The van der Waals surface area contributed by atoms with Crippen LogP contribution >= 0.6 is 11.6 Å². The summed E-state index contributed by atoms with van der Waals surface area (Å²) in [5, 5.41) is 3.65. The second kappa shape index (κ2) is 6.72. The van der Waals surface area contributed by atoms with E-state index in [0.29, 0.717) is 23.2 Å². The van der Waals surface area contributed by atoms with Crippen molar-refractivity contribution in [2.24, 2.45) is 0 Å². The molecular weight excluding hydrogens is 295 g/mol. The molecule has 1 aromatic heterocycles. The van der Waals surface area contributed by atoms with E-state index >= 15 is 0 Å². The van der Waals surface area contributed by atoms with Gasteiger partial charge in [0.25, 0.3) is 0 Å². The molecule has 0 fully saturated rings. The summed E-state index contributed by atoms with van der Waals surface area (Å²) in [5.41, 5.74) is 0.949. The minimum absolute atomic E-state index is 0.000302. The molecule has 4 nitrogen and oxygen atoms in total. The Morgan fingerprint density at radius 1 is 1.43 bits per heavy atom. The highest BCUT2D eigenvalue weighted by atomic mass is 35.5. The van der Waals surface area contributed by atoms with Crippen molar-refractivity contribution in [3.8, 4) is 0 Å². The van der Waals surface area contributed by atoms with E-state index in [2.05, 4.69) is 10.3 Å². The Bertz CT molecular complexity index is 676. The molecule has 1 aromatic carbocycles. The molecule has 0 unspecified atom stereocenters. The Morgan fingerprint density at radius 2 is 2.19 bits per heavy atom. The zero-order valence-electron chi connectivity index (χ0n) is 11.9. The zero-order chi connectivity index (χ0) is 15.4. The molecular formula is C15H16ClFN2O2. The minimum Gasteiger partial charge on any atom is -0.462 e. The molecule has 1 N–H and O–H groups in total.